The number of benzene rings is 2. The van der Waals surface area contributed by atoms with Crippen LogP contribution in [0.2, 0.25) is 5.02 Å². The van der Waals surface area contributed by atoms with Crippen molar-refractivity contribution < 1.29 is 13.9 Å². The van der Waals surface area contributed by atoms with Crippen molar-refractivity contribution in [1.29, 1.82) is 0 Å². The number of hydrogen-bond acceptors (Lipinski definition) is 4. The number of halogens is 1. The first-order chi connectivity index (χ1) is 13.0. The van der Waals surface area contributed by atoms with Crippen molar-refractivity contribution in [2.24, 2.45) is 0 Å². The second-order valence-corrected chi connectivity index (χ2v) is 6.69. The smallest absolute Gasteiger partial charge is 0.287 e. The van der Waals surface area contributed by atoms with E-state index in [1.807, 2.05) is 19.9 Å². The highest BCUT2D eigenvalue weighted by Crippen LogP contribution is 2.17. The van der Waals surface area contributed by atoms with Gasteiger partial charge < -0.3 is 14.5 Å². The highest BCUT2D eigenvalue weighted by Gasteiger charge is 2.14. The molecule has 0 fully saturated rings. The Morgan fingerprint density at radius 3 is 2.63 bits per heavy atom. The molecule has 0 radical (unpaired) electrons. The van der Waals surface area contributed by atoms with E-state index >= 15 is 0 Å². The Morgan fingerprint density at radius 2 is 1.93 bits per heavy atom. The van der Waals surface area contributed by atoms with Crippen LogP contribution in [-0.2, 0) is 6.42 Å². The normalized spacial score (nSPS) is 12.0. The molecule has 3 aromatic rings. The Bertz CT molecular complexity index is 1010. The molecule has 140 valence electrons. The summed E-state index contributed by atoms with van der Waals surface area (Å²) in [5, 5.41) is 3.82. The number of ether oxygens (including phenoxy) is 1. The van der Waals surface area contributed by atoms with Crippen LogP contribution in [0.3, 0.4) is 0 Å². The first-order valence-corrected chi connectivity index (χ1v) is 9.11. The molecule has 0 aliphatic carbocycles. The molecule has 0 saturated carbocycles. The molecule has 1 heterocycles. The molecule has 0 bridgehead atoms. The Balaban J connectivity index is 1.67. The maximum absolute atomic E-state index is 12.3. The molecule has 1 amide bonds. The monoisotopic (exact) mass is 385 g/mol. The summed E-state index contributed by atoms with van der Waals surface area (Å²) in [4.78, 5) is 24.7. The molecule has 5 nitrogen and oxygen atoms in total. The number of rotatable bonds is 6. The maximum atomic E-state index is 12.3. The van der Waals surface area contributed by atoms with E-state index in [-0.39, 0.29) is 23.8 Å². The third-order valence-electron chi connectivity index (χ3n) is 4.12. The second-order valence-electron chi connectivity index (χ2n) is 6.25. The van der Waals surface area contributed by atoms with E-state index < -0.39 is 5.91 Å². The zero-order chi connectivity index (χ0) is 19.4. The number of carbonyl (C=O) groups is 1. The topological polar surface area (TPSA) is 68.5 Å². The lowest BCUT2D eigenvalue weighted by atomic mass is 10.1. The van der Waals surface area contributed by atoms with Gasteiger partial charge in [0.2, 0.25) is 0 Å². The van der Waals surface area contributed by atoms with Crippen molar-refractivity contribution in [1.82, 2.24) is 5.32 Å². The van der Waals surface area contributed by atoms with Crippen LogP contribution in [0.1, 0.15) is 30.0 Å². The fourth-order valence-electron chi connectivity index (χ4n) is 2.65. The molecule has 0 spiro atoms. The van der Waals surface area contributed by atoms with E-state index in [2.05, 4.69) is 5.32 Å². The van der Waals surface area contributed by atoms with Gasteiger partial charge >= 0.3 is 0 Å². The summed E-state index contributed by atoms with van der Waals surface area (Å²) in [6.07, 6.45) is 0.553. The molecule has 0 saturated heterocycles. The molecule has 1 N–H and O–H groups in total. The summed E-state index contributed by atoms with van der Waals surface area (Å²) < 4.78 is 11.3. The van der Waals surface area contributed by atoms with Crippen LogP contribution < -0.4 is 15.5 Å². The van der Waals surface area contributed by atoms with Gasteiger partial charge in [-0.2, -0.15) is 0 Å². The highest BCUT2D eigenvalue weighted by atomic mass is 35.5. The lowest BCUT2D eigenvalue weighted by Gasteiger charge is -2.15. The van der Waals surface area contributed by atoms with Gasteiger partial charge in [-0.15, -0.1) is 0 Å². The van der Waals surface area contributed by atoms with Crippen LogP contribution in [0.4, 0.5) is 0 Å². The van der Waals surface area contributed by atoms with Crippen LogP contribution in [0.15, 0.2) is 57.7 Å². The van der Waals surface area contributed by atoms with E-state index in [0.29, 0.717) is 21.7 Å². The van der Waals surface area contributed by atoms with Crippen LogP contribution in [0, 0.1) is 0 Å². The number of hydrogen-bond donors (Lipinski definition) is 1. The molecular weight excluding hydrogens is 366 g/mol. The summed E-state index contributed by atoms with van der Waals surface area (Å²) in [7, 11) is 0. The quantitative estimate of drug-likeness (QED) is 0.690. The van der Waals surface area contributed by atoms with Gasteiger partial charge in [-0.25, -0.2) is 0 Å². The van der Waals surface area contributed by atoms with E-state index in [0.717, 1.165) is 12.0 Å². The summed E-state index contributed by atoms with van der Waals surface area (Å²) in [6, 6.07) is 13.6. The van der Waals surface area contributed by atoms with Crippen LogP contribution in [-0.4, -0.2) is 18.6 Å². The van der Waals surface area contributed by atoms with Crippen molar-refractivity contribution in [3.05, 3.63) is 75.1 Å². The minimum Gasteiger partial charge on any atom is -0.489 e. The number of amides is 1. The van der Waals surface area contributed by atoms with E-state index in [1.165, 1.54) is 6.07 Å². The standard InChI is InChI=1S/C21H20ClNO4/c1-3-14-4-9-19-17(10-14)18(24)11-20(27-19)21(25)23-12-13(2)26-16-7-5-15(22)6-8-16/h4-11,13H,3,12H2,1-2H3,(H,23,25)/t13-/m0/s1. The number of aryl methyl sites for hydroxylation is 1. The number of carbonyl (C=O) groups excluding carboxylic acids is 1. The van der Waals surface area contributed by atoms with Crippen molar-refractivity contribution in [3.63, 3.8) is 0 Å². The number of nitrogens with one attached hydrogen (secondary N) is 1. The van der Waals surface area contributed by atoms with Gasteiger partial charge in [0.25, 0.3) is 5.91 Å². The largest absolute Gasteiger partial charge is 0.489 e. The fraction of sp³-hybridized carbons (Fsp3) is 0.238. The first-order valence-electron chi connectivity index (χ1n) is 8.73. The van der Waals surface area contributed by atoms with E-state index in [1.54, 1.807) is 36.4 Å². The van der Waals surface area contributed by atoms with Gasteiger partial charge in [0.1, 0.15) is 17.4 Å². The molecule has 6 heteroatoms. The van der Waals surface area contributed by atoms with Gasteiger partial charge in [0.05, 0.1) is 11.9 Å². The molecule has 1 aromatic heterocycles. The number of fused-ring (bicyclic) bond motifs is 1. The lowest BCUT2D eigenvalue weighted by Crippen LogP contribution is -2.33. The Kier molecular flexibility index (Phi) is 5.81. The molecular formula is C21H20ClNO4. The maximum Gasteiger partial charge on any atom is 0.287 e. The van der Waals surface area contributed by atoms with Gasteiger partial charge in [-0.1, -0.05) is 24.6 Å². The molecule has 3 rings (SSSR count). The van der Waals surface area contributed by atoms with Crippen molar-refractivity contribution in [3.8, 4) is 5.75 Å². The third-order valence-corrected chi connectivity index (χ3v) is 4.38. The average Bonchev–Trinajstić information content (AvgIpc) is 2.67. The summed E-state index contributed by atoms with van der Waals surface area (Å²) in [6.45, 7) is 4.10. The van der Waals surface area contributed by atoms with Gasteiger partial charge in [-0.05, 0) is 55.3 Å². The first kappa shape index (κ1) is 19.0. The van der Waals surface area contributed by atoms with Gasteiger partial charge in [-0.3, -0.25) is 9.59 Å². The van der Waals surface area contributed by atoms with Crippen molar-refractivity contribution in [2.45, 2.75) is 26.4 Å². The van der Waals surface area contributed by atoms with Gasteiger partial charge in [0, 0.05) is 11.1 Å². The molecule has 2 aromatic carbocycles. The summed E-state index contributed by atoms with van der Waals surface area (Å²) >= 11 is 5.84. The van der Waals surface area contributed by atoms with Gasteiger partial charge in [0.15, 0.2) is 11.2 Å². The zero-order valence-corrected chi connectivity index (χ0v) is 15.9. The Hall–Kier alpha value is -2.79. The van der Waals surface area contributed by atoms with Crippen LogP contribution in [0.5, 0.6) is 5.75 Å². The molecule has 27 heavy (non-hydrogen) atoms. The predicted molar refractivity (Wildman–Crippen MR) is 106 cm³/mol. The summed E-state index contributed by atoms with van der Waals surface area (Å²) in [5.41, 5.74) is 1.21. The minimum atomic E-state index is -0.458. The second kappa shape index (κ2) is 8.27. The molecule has 0 aliphatic heterocycles. The summed E-state index contributed by atoms with van der Waals surface area (Å²) in [5.74, 6) is 0.181. The molecule has 0 aliphatic rings. The van der Waals surface area contributed by atoms with Crippen molar-refractivity contribution >= 4 is 28.5 Å². The Labute approximate surface area is 161 Å². The Morgan fingerprint density at radius 1 is 1.19 bits per heavy atom. The van der Waals surface area contributed by atoms with E-state index in [4.69, 9.17) is 20.8 Å². The van der Waals surface area contributed by atoms with E-state index in [9.17, 15) is 9.59 Å². The lowest BCUT2D eigenvalue weighted by molar-refractivity contribution is 0.0905. The third kappa shape index (κ3) is 4.68. The molecule has 0 unspecified atom stereocenters. The molecule has 1 atom stereocenters. The van der Waals surface area contributed by atoms with Crippen LogP contribution >= 0.6 is 11.6 Å². The highest BCUT2D eigenvalue weighted by molar-refractivity contribution is 6.30. The minimum absolute atomic E-state index is 0.0181. The average molecular weight is 386 g/mol. The van der Waals surface area contributed by atoms with Crippen molar-refractivity contribution in [2.75, 3.05) is 6.54 Å². The fourth-order valence-corrected chi connectivity index (χ4v) is 2.77. The van der Waals surface area contributed by atoms with Crippen LogP contribution in [0.25, 0.3) is 11.0 Å². The predicted octanol–water partition coefficient (Wildman–Crippen LogP) is 4.21. The SMILES string of the molecule is CCc1ccc2oc(C(=O)NC[C@H](C)Oc3ccc(Cl)cc3)cc(=O)c2c1. The zero-order valence-electron chi connectivity index (χ0n) is 15.1.